The molecule has 0 N–H and O–H groups in total. The molecule has 0 saturated carbocycles. The van der Waals surface area contributed by atoms with E-state index < -0.39 is 0 Å². The van der Waals surface area contributed by atoms with Crippen LogP contribution in [0.2, 0.25) is 0 Å². The Morgan fingerprint density at radius 2 is 1.67 bits per heavy atom. The van der Waals surface area contributed by atoms with Gasteiger partial charge in [0.05, 0.1) is 0 Å². The number of benzene rings is 2. The van der Waals surface area contributed by atoms with E-state index >= 15 is 0 Å². The summed E-state index contributed by atoms with van der Waals surface area (Å²) in [5.74, 6) is 2.65. The van der Waals surface area contributed by atoms with Crippen molar-refractivity contribution < 1.29 is 4.74 Å². The number of hydrogen-bond acceptors (Lipinski definition) is 1. The van der Waals surface area contributed by atoms with Crippen LogP contribution in [0.4, 0.5) is 0 Å². The summed E-state index contributed by atoms with van der Waals surface area (Å²) in [5.41, 5.74) is 5.54. The monoisotopic (exact) mass is 276 g/mol. The van der Waals surface area contributed by atoms with E-state index in [0.717, 1.165) is 12.2 Å². The number of ether oxygens (including phenoxy) is 1. The van der Waals surface area contributed by atoms with Crippen molar-refractivity contribution >= 4 is 0 Å². The Hall–Kier alpha value is -2.02. The standard InChI is InChI=1S/C20H20O/c1-14-10-12-15(13-11-14)20-16-6-2-4-8-18(16)21-19-9-5-3-7-17(19)20/h2,4,6,8,10-13,20H,3,5,7,9H2,1H3/t20-/m0/s1. The van der Waals surface area contributed by atoms with Gasteiger partial charge in [-0.3, -0.25) is 0 Å². The number of para-hydroxylation sites is 1. The van der Waals surface area contributed by atoms with E-state index in [0.29, 0.717) is 5.92 Å². The van der Waals surface area contributed by atoms with E-state index in [-0.39, 0.29) is 0 Å². The average molecular weight is 276 g/mol. The maximum Gasteiger partial charge on any atom is 0.131 e. The average Bonchev–Trinajstić information content (AvgIpc) is 2.53. The lowest BCUT2D eigenvalue weighted by atomic mass is 9.77. The van der Waals surface area contributed by atoms with Crippen molar-refractivity contribution in [2.75, 3.05) is 0 Å². The Morgan fingerprint density at radius 1 is 0.905 bits per heavy atom. The topological polar surface area (TPSA) is 9.23 Å². The molecule has 0 spiro atoms. The summed E-state index contributed by atoms with van der Waals surface area (Å²) in [6.07, 6.45) is 4.79. The van der Waals surface area contributed by atoms with Crippen molar-refractivity contribution in [3.63, 3.8) is 0 Å². The highest BCUT2D eigenvalue weighted by atomic mass is 16.5. The Kier molecular flexibility index (Phi) is 3.07. The highest BCUT2D eigenvalue weighted by Crippen LogP contribution is 2.47. The molecule has 0 fully saturated rings. The molecule has 0 radical (unpaired) electrons. The van der Waals surface area contributed by atoms with Crippen LogP contribution in [0.1, 0.15) is 48.3 Å². The summed E-state index contributed by atoms with van der Waals surface area (Å²) in [4.78, 5) is 0. The Bertz CT molecular complexity index is 694. The van der Waals surface area contributed by atoms with Crippen LogP contribution in [0.25, 0.3) is 0 Å². The zero-order valence-electron chi connectivity index (χ0n) is 12.4. The second-order valence-electron chi connectivity index (χ2n) is 6.14. The Balaban J connectivity index is 1.88. The summed E-state index contributed by atoms with van der Waals surface area (Å²) in [6, 6.07) is 17.5. The van der Waals surface area contributed by atoms with Crippen molar-refractivity contribution in [2.45, 2.75) is 38.5 Å². The van der Waals surface area contributed by atoms with Gasteiger partial charge >= 0.3 is 0 Å². The predicted octanol–water partition coefficient (Wildman–Crippen LogP) is 5.35. The third-order valence-corrected chi connectivity index (χ3v) is 4.68. The van der Waals surface area contributed by atoms with Gasteiger partial charge in [-0.1, -0.05) is 48.0 Å². The largest absolute Gasteiger partial charge is 0.461 e. The summed E-state index contributed by atoms with van der Waals surface area (Å²) in [5, 5.41) is 0. The molecule has 1 atom stereocenters. The van der Waals surface area contributed by atoms with Gasteiger partial charge in [0.1, 0.15) is 11.5 Å². The van der Waals surface area contributed by atoms with Crippen LogP contribution < -0.4 is 4.74 Å². The Morgan fingerprint density at radius 3 is 2.52 bits per heavy atom. The van der Waals surface area contributed by atoms with Crippen LogP contribution in [-0.4, -0.2) is 0 Å². The van der Waals surface area contributed by atoms with E-state index in [9.17, 15) is 0 Å². The lowest BCUT2D eigenvalue weighted by Crippen LogP contribution is -2.19. The first-order valence-corrected chi connectivity index (χ1v) is 7.88. The molecule has 4 rings (SSSR count). The van der Waals surface area contributed by atoms with Gasteiger partial charge in [-0.25, -0.2) is 0 Å². The first-order chi connectivity index (χ1) is 10.3. The molecule has 0 bridgehead atoms. The lowest BCUT2D eigenvalue weighted by Gasteiger charge is -2.33. The molecule has 0 unspecified atom stereocenters. The van der Waals surface area contributed by atoms with Crippen molar-refractivity contribution in [2.24, 2.45) is 0 Å². The van der Waals surface area contributed by atoms with E-state index in [4.69, 9.17) is 4.74 Å². The van der Waals surface area contributed by atoms with Crippen LogP contribution >= 0.6 is 0 Å². The van der Waals surface area contributed by atoms with Crippen LogP contribution in [-0.2, 0) is 0 Å². The normalized spacial score (nSPS) is 20.5. The van der Waals surface area contributed by atoms with Gasteiger partial charge in [0.25, 0.3) is 0 Å². The minimum absolute atomic E-state index is 0.380. The minimum atomic E-state index is 0.380. The molecular weight excluding hydrogens is 256 g/mol. The van der Waals surface area contributed by atoms with Crippen molar-refractivity contribution in [3.05, 3.63) is 76.6 Å². The smallest absolute Gasteiger partial charge is 0.131 e. The molecule has 106 valence electrons. The number of fused-ring (bicyclic) bond motifs is 1. The molecular formula is C20H20O. The summed E-state index contributed by atoms with van der Waals surface area (Å²) >= 11 is 0. The van der Waals surface area contributed by atoms with Gasteiger partial charge in [-0.15, -0.1) is 0 Å². The number of allylic oxidation sites excluding steroid dienone is 2. The van der Waals surface area contributed by atoms with Gasteiger partial charge < -0.3 is 4.74 Å². The molecule has 2 aliphatic rings. The molecule has 0 aromatic heterocycles. The second-order valence-corrected chi connectivity index (χ2v) is 6.14. The highest BCUT2D eigenvalue weighted by Gasteiger charge is 2.31. The van der Waals surface area contributed by atoms with E-state index in [1.54, 1.807) is 0 Å². The molecule has 1 nitrogen and oxygen atoms in total. The molecule has 1 heteroatoms. The van der Waals surface area contributed by atoms with Crippen LogP contribution in [0, 0.1) is 6.92 Å². The van der Waals surface area contributed by atoms with Crippen LogP contribution in [0.15, 0.2) is 59.9 Å². The molecule has 0 saturated heterocycles. The van der Waals surface area contributed by atoms with Gasteiger partial charge in [0.15, 0.2) is 0 Å². The van der Waals surface area contributed by atoms with Gasteiger partial charge in [-0.05, 0) is 43.4 Å². The molecule has 2 aromatic carbocycles. The molecule has 1 heterocycles. The quantitative estimate of drug-likeness (QED) is 0.682. The summed E-state index contributed by atoms with van der Waals surface area (Å²) in [6.45, 7) is 2.15. The fourth-order valence-corrected chi connectivity index (χ4v) is 3.59. The molecule has 1 aliphatic heterocycles. The fraction of sp³-hybridized carbons (Fsp3) is 0.300. The maximum absolute atomic E-state index is 6.19. The third-order valence-electron chi connectivity index (χ3n) is 4.68. The van der Waals surface area contributed by atoms with E-state index in [1.165, 1.54) is 47.3 Å². The zero-order valence-corrected chi connectivity index (χ0v) is 12.4. The van der Waals surface area contributed by atoms with E-state index in [1.807, 2.05) is 0 Å². The van der Waals surface area contributed by atoms with E-state index in [2.05, 4.69) is 55.5 Å². The highest BCUT2D eigenvalue weighted by molar-refractivity contribution is 5.52. The molecule has 0 amide bonds. The van der Waals surface area contributed by atoms with Crippen LogP contribution in [0.3, 0.4) is 0 Å². The molecule has 1 aliphatic carbocycles. The SMILES string of the molecule is Cc1ccc([C@@H]2C3=C(CCCC3)Oc3ccccc32)cc1. The summed E-state index contributed by atoms with van der Waals surface area (Å²) in [7, 11) is 0. The predicted molar refractivity (Wildman–Crippen MR) is 85.6 cm³/mol. The summed E-state index contributed by atoms with van der Waals surface area (Å²) < 4.78 is 6.19. The van der Waals surface area contributed by atoms with Crippen molar-refractivity contribution in [3.8, 4) is 5.75 Å². The maximum atomic E-state index is 6.19. The van der Waals surface area contributed by atoms with Crippen molar-refractivity contribution in [1.29, 1.82) is 0 Å². The number of aryl methyl sites for hydroxylation is 1. The first-order valence-electron chi connectivity index (χ1n) is 7.88. The van der Waals surface area contributed by atoms with Gasteiger partial charge in [0.2, 0.25) is 0 Å². The molecule has 2 aromatic rings. The lowest BCUT2D eigenvalue weighted by molar-refractivity contribution is 0.350. The first kappa shape index (κ1) is 12.7. The minimum Gasteiger partial charge on any atom is -0.461 e. The fourth-order valence-electron chi connectivity index (χ4n) is 3.59. The van der Waals surface area contributed by atoms with Gasteiger partial charge in [0, 0.05) is 17.9 Å². The van der Waals surface area contributed by atoms with Crippen LogP contribution in [0.5, 0.6) is 5.75 Å². The Labute approximate surface area is 126 Å². The van der Waals surface area contributed by atoms with Gasteiger partial charge in [-0.2, -0.15) is 0 Å². The third kappa shape index (κ3) is 2.17. The second kappa shape index (κ2) is 5.07. The molecule has 21 heavy (non-hydrogen) atoms. The van der Waals surface area contributed by atoms with Crippen molar-refractivity contribution in [1.82, 2.24) is 0 Å². The zero-order chi connectivity index (χ0) is 14.2. The number of hydrogen-bond donors (Lipinski definition) is 0. The number of rotatable bonds is 1.